The number of hydrogen-bond donors (Lipinski definition) is 2. The summed E-state index contributed by atoms with van der Waals surface area (Å²) in [4.78, 5) is 10.9. The third kappa shape index (κ3) is 2.96. The molecule has 0 bridgehead atoms. The van der Waals surface area contributed by atoms with E-state index in [0.717, 1.165) is 6.07 Å². The zero-order chi connectivity index (χ0) is 14.0. The zero-order valence-corrected chi connectivity index (χ0v) is 9.87. The molecule has 0 spiro atoms. The van der Waals surface area contributed by atoms with E-state index in [-0.39, 0.29) is 5.56 Å². The van der Waals surface area contributed by atoms with E-state index in [4.69, 9.17) is 5.11 Å². The molecule has 2 N–H and O–H groups in total. The lowest BCUT2D eigenvalue weighted by Crippen LogP contribution is -2.38. The summed E-state index contributed by atoms with van der Waals surface area (Å²) in [6, 6.07) is 4.28. The first-order valence-electron chi connectivity index (χ1n) is 5.73. The number of benzene rings is 1. The largest absolute Gasteiger partial charge is 0.480 e. The van der Waals surface area contributed by atoms with E-state index in [1.165, 1.54) is 24.3 Å². The van der Waals surface area contributed by atoms with Crippen molar-refractivity contribution >= 4 is 11.5 Å². The van der Waals surface area contributed by atoms with Crippen LogP contribution in [0.2, 0.25) is 0 Å². The van der Waals surface area contributed by atoms with Gasteiger partial charge in [-0.2, -0.15) is 13.2 Å². The fourth-order valence-corrected chi connectivity index (χ4v) is 2.10. The Labute approximate surface area is 107 Å². The number of aliphatic carboxylic acids is 1. The molecule has 6 heteroatoms. The van der Waals surface area contributed by atoms with E-state index in [1.807, 2.05) is 0 Å². The molecule has 0 radical (unpaired) electrons. The second-order valence-electron chi connectivity index (χ2n) is 4.26. The summed E-state index contributed by atoms with van der Waals surface area (Å²) in [7, 11) is 0. The molecule has 102 valence electrons. The molecule has 1 heterocycles. The van der Waals surface area contributed by atoms with Crippen molar-refractivity contribution in [3.05, 3.63) is 41.5 Å². The predicted molar refractivity (Wildman–Crippen MR) is 63.5 cm³/mol. The van der Waals surface area contributed by atoms with Crippen molar-refractivity contribution in [2.24, 2.45) is 0 Å². The van der Waals surface area contributed by atoms with E-state index in [2.05, 4.69) is 5.32 Å². The molecule has 1 aromatic rings. The number of hydrogen-bond acceptors (Lipinski definition) is 2. The lowest BCUT2D eigenvalue weighted by molar-refractivity contribution is -0.138. The molecule has 1 unspecified atom stereocenters. The van der Waals surface area contributed by atoms with Crippen molar-refractivity contribution in [1.82, 2.24) is 5.32 Å². The van der Waals surface area contributed by atoms with Crippen LogP contribution in [0, 0.1) is 0 Å². The number of carbonyl (C=O) groups is 1. The first-order chi connectivity index (χ1) is 8.89. The Bertz CT molecular complexity index is 523. The summed E-state index contributed by atoms with van der Waals surface area (Å²) in [5.74, 6) is -1.10. The van der Waals surface area contributed by atoms with Crippen molar-refractivity contribution in [3.8, 4) is 0 Å². The summed E-state index contributed by atoms with van der Waals surface area (Å²) in [6.07, 6.45) is -2.73. The van der Waals surface area contributed by atoms with Gasteiger partial charge in [0.25, 0.3) is 0 Å². The van der Waals surface area contributed by atoms with Crippen molar-refractivity contribution in [1.29, 1.82) is 0 Å². The van der Waals surface area contributed by atoms with Crippen molar-refractivity contribution in [2.75, 3.05) is 6.54 Å². The Morgan fingerprint density at radius 1 is 1.32 bits per heavy atom. The maximum Gasteiger partial charge on any atom is 0.416 e. The van der Waals surface area contributed by atoms with Gasteiger partial charge in [-0.25, -0.2) is 0 Å². The van der Waals surface area contributed by atoms with Crippen molar-refractivity contribution in [3.63, 3.8) is 0 Å². The van der Waals surface area contributed by atoms with Gasteiger partial charge in [-0.15, -0.1) is 0 Å². The third-order valence-electron chi connectivity index (χ3n) is 2.97. The van der Waals surface area contributed by atoms with Gasteiger partial charge in [-0.3, -0.25) is 4.79 Å². The Hall–Kier alpha value is -1.82. The molecule has 0 fully saturated rings. The van der Waals surface area contributed by atoms with Gasteiger partial charge >= 0.3 is 12.1 Å². The highest BCUT2D eigenvalue weighted by molar-refractivity contribution is 5.81. The van der Waals surface area contributed by atoms with Crippen LogP contribution < -0.4 is 5.32 Å². The van der Waals surface area contributed by atoms with Crippen LogP contribution in [-0.2, 0) is 11.0 Å². The van der Waals surface area contributed by atoms with Crippen LogP contribution in [0.15, 0.2) is 30.3 Å². The van der Waals surface area contributed by atoms with E-state index in [9.17, 15) is 18.0 Å². The zero-order valence-electron chi connectivity index (χ0n) is 9.87. The smallest absolute Gasteiger partial charge is 0.416 e. The molecule has 1 aromatic carbocycles. The number of rotatable bonds is 2. The van der Waals surface area contributed by atoms with Crippen LogP contribution in [0.3, 0.4) is 0 Å². The molecule has 2 rings (SSSR count). The van der Waals surface area contributed by atoms with Crippen LogP contribution >= 0.6 is 0 Å². The molecule has 19 heavy (non-hydrogen) atoms. The van der Waals surface area contributed by atoms with E-state index >= 15 is 0 Å². The summed E-state index contributed by atoms with van der Waals surface area (Å²) in [5, 5.41) is 11.6. The van der Waals surface area contributed by atoms with Gasteiger partial charge in [0.05, 0.1) is 5.56 Å². The summed E-state index contributed by atoms with van der Waals surface area (Å²) >= 11 is 0. The Morgan fingerprint density at radius 2 is 2.00 bits per heavy atom. The molecule has 1 aliphatic heterocycles. The topological polar surface area (TPSA) is 49.3 Å². The molecule has 3 nitrogen and oxygen atoms in total. The minimum atomic E-state index is -4.44. The van der Waals surface area contributed by atoms with Gasteiger partial charge in [-0.1, -0.05) is 24.3 Å². The molecule has 0 aliphatic carbocycles. The average molecular weight is 271 g/mol. The molecule has 0 aromatic heterocycles. The Kier molecular flexibility index (Phi) is 3.61. The quantitative estimate of drug-likeness (QED) is 0.869. The predicted octanol–water partition coefficient (Wildman–Crippen LogP) is 2.54. The van der Waals surface area contributed by atoms with Gasteiger partial charge < -0.3 is 10.4 Å². The number of carboxylic acid groups (broad SMARTS) is 1. The van der Waals surface area contributed by atoms with Gasteiger partial charge in [0, 0.05) is 6.54 Å². The first kappa shape index (κ1) is 13.6. The first-order valence-corrected chi connectivity index (χ1v) is 5.73. The summed E-state index contributed by atoms with van der Waals surface area (Å²) < 4.78 is 38.7. The minimum Gasteiger partial charge on any atom is -0.480 e. The minimum absolute atomic E-state index is 0.0581. The number of carboxylic acids is 1. The highest BCUT2D eigenvalue weighted by atomic mass is 19.4. The summed E-state index contributed by atoms with van der Waals surface area (Å²) in [5.41, 5.74) is -0.255. The third-order valence-corrected chi connectivity index (χ3v) is 2.97. The van der Waals surface area contributed by atoms with Crippen LogP contribution in [0.5, 0.6) is 0 Å². The van der Waals surface area contributed by atoms with Crippen molar-refractivity contribution < 1.29 is 23.1 Å². The van der Waals surface area contributed by atoms with Crippen LogP contribution in [0.1, 0.15) is 17.5 Å². The van der Waals surface area contributed by atoms with E-state index in [1.54, 1.807) is 0 Å². The van der Waals surface area contributed by atoms with Gasteiger partial charge in [-0.05, 0) is 23.6 Å². The Balaban J connectivity index is 2.45. The van der Waals surface area contributed by atoms with E-state index < -0.39 is 23.8 Å². The normalized spacial score (nSPS) is 19.9. The fourth-order valence-electron chi connectivity index (χ4n) is 2.10. The highest BCUT2D eigenvalue weighted by Gasteiger charge is 2.34. The fraction of sp³-hybridized carbons (Fsp3) is 0.308. The van der Waals surface area contributed by atoms with E-state index in [0.29, 0.717) is 18.5 Å². The molecule has 1 atom stereocenters. The van der Waals surface area contributed by atoms with Gasteiger partial charge in [0.15, 0.2) is 0 Å². The maximum atomic E-state index is 12.9. The van der Waals surface area contributed by atoms with Crippen LogP contribution in [0.4, 0.5) is 13.2 Å². The second kappa shape index (κ2) is 5.05. The number of nitrogens with one attached hydrogen (secondary N) is 1. The second-order valence-corrected chi connectivity index (χ2v) is 4.26. The molecular weight excluding hydrogens is 259 g/mol. The van der Waals surface area contributed by atoms with Gasteiger partial charge in [0.1, 0.15) is 6.04 Å². The number of halogens is 3. The highest BCUT2D eigenvalue weighted by Crippen LogP contribution is 2.36. The molecule has 0 saturated heterocycles. The van der Waals surface area contributed by atoms with Gasteiger partial charge in [0.2, 0.25) is 0 Å². The SMILES string of the molecule is O=C(O)C1C=C(c2ccccc2C(F)(F)F)CCN1. The maximum absolute atomic E-state index is 12.9. The number of alkyl halides is 3. The van der Waals surface area contributed by atoms with Crippen LogP contribution in [0.25, 0.3) is 5.57 Å². The monoisotopic (exact) mass is 271 g/mol. The summed E-state index contributed by atoms with van der Waals surface area (Å²) in [6.45, 7) is 0.342. The molecule has 1 aliphatic rings. The van der Waals surface area contributed by atoms with Crippen molar-refractivity contribution in [2.45, 2.75) is 18.6 Å². The Morgan fingerprint density at radius 3 is 2.63 bits per heavy atom. The van der Waals surface area contributed by atoms with Crippen LogP contribution in [-0.4, -0.2) is 23.7 Å². The molecule has 0 saturated carbocycles. The molecule has 0 amide bonds. The lowest BCUT2D eigenvalue weighted by Gasteiger charge is -2.22. The molecular formula is C13H12F3NO2. The average Bonchev–Trinajstić information content (AvgIpc) is 2.38. The lowest BCUT2D eigenvalue weighted by atomic mass is 9.93. The standard InChI is InChI=1S/C13H12F3NO2/c14-13(15,16)10-4-2-1-3-9(10)8-5-6-17-11(7-8)12(18)19/h1-4,7,11,17H,5-6H2,(H,18,19).